The molecule has 0 amide bonds. The van der Waals surface area contributed by atoms with Gasteiger partial charge in [-0.2, -0.15) is 0 Å². The van der Waals surface area contributed by atoms with Gasteiger partial charge in [-0.1, -0.05) is 110 Å². The molecule has 8 heterocycles. The fraction of sp³-hybridized carbons (Fsp3) is 0.708. The average Bonchev–Trinajstić information content (AvgIpc) is 0.693. The van der Waals surface area contributed by atoms with Crippen LogP contribution in [-0.2, 0) is 63.6 Å². The highest BCUT2D eigenvalue weighted by Gasteiger charge is 2.47. The topological polar surface area (TPSA) is 296 Å². The zero-order chi connectivity index (χ0) is 147. The summed E-state index contributed by atoms with van der Waals surface area (Å²) in [6.07, 6.45) is -18.5. The Labute approximate surface area is 814 Å². The van der Waals surface area contributed by atoms with E-state index in [1.54, 1.807) is 41.5 Å². The van der Waals surface area contributed by atoms with Crippen molar-refractivity contribution in [2.24, 2.45) is 93.9 Å². The SMILES string of the molecule is [2H]c1c(OC([2H])([2H])[2H])c(OC([2H])([2H])[2H])c([2H])c2c1C1CC(OC(=O)[C@@]([2H])(N)C([2H])(C([2H])([2H])[2H])C([2H])([2H])[2H])C(CC(C)C)CN1C([2H])([2H])C2([2H])[2H].[2H]c1c(OC([2H])([2H])[2H])c(OC)c([2H])c2c1C1CC(OC(=O)[C@@]([2H])(N)C([2H])(C([2H])([2H])[2H])C([2H])([2H])[2H])C(CC(C)C)CN1C([2H])([2H])C2([2H])[2H].[2H]c1c(OC)c(OC([2H])([2H])[2H])c([2H])c2c1C1CC(OC(=O)[C@@]([2H])(N)C([2H])(C([2H])([2H])[2H])C([2H])([2H])[2H])C(CC(C)C)CN1C([2H])([2H])C2([2H])[2H].[2H]c1c(OC)c(OC)c([2H])c2c1C1CC(OC(=O)[C@@]([2H])(N)C([2H])(C([2H])([2H])[2H])C([2H])([2H])[2H])C(CC(C)C)CN1C([2H])([2H])C2([2H])[2H]. The Hall–Kier alpha value is -7.16. The first-order chi connectivity index (χ1) is 83.6. The van der Waals surface area contributed by atoms with Gasteiger partial charge in [-0.05, 0) is 191 Å². The molecule has 0 spiro atoms. The predicted molar refractivity (Wildman–Crippen MR) is 471 cm³/mol. The van der Waals surface area contributed by atoms with Crippen molar-refractivity contribution in [3.8, 4) is 46.0 Å². The Morgan fingerprint density at radius 2 is 0.542 bits per heavy atom. The third kappa shape index (κ3) is 23.8. The summed E-state index contributed by atoms with van der Waals surface area (Å²) >= 11 is 0. The molecule has 0 aromatic heterocycles. The molecule has 4 aromatic rings. The number of esters is 4. The first kappa shape index (κ1) is 39.6. The minimum Gasteiger partial charge on any atom is -0.493 e. The molecule has 120 heavy (non-hydrogen) atoms. The van der Waals surface area contributed by atoms with Crippen LogP contribution in [0.25, 0.3) is 0 Å². The minimum atomic E-state index is -3.90. The van der Waals surface area contributed by atoms with Crippen molar-refractivity contribution in [1.29, 1.82) is 0 Å². The third-order valence-corrected chi connectivity index (χ3v) is 20.9. The minimum absolute atomic E-state index is 0.0768. The first-order valence-electron chi connectivity index (χ1n) is 72.3. The summed E-state index contributed by atoms with van der Waals surface area (Å²) in [4.78, 5) is 58.2. The standard InChI is InChI=1S/4C24H38N2O4/c4*1-14(2)9-17-13-26-8-7-16-10-21(28-5)22(29-6)11-18(16)19(26)12-20(17)30-24(27)23(25)15(3)4/h4*10-11,14-15,17,19-20,23H,7-9,12-13,25H2,1-6H3/t4*17?,19?,20?,23-/m0000/s1/i3D3,4D3,5D3,6D3,7D2,8D2,10D,11D,15D,23D;3D3,4D3,6D3,7D2,8D2,10D,11D,15D,23D;3D3,4D3,5D3,7D2,8D2,10D,11D,15D,23D;3D3,4D3,7D2,8D2,10D,11D,15D,23D. The predicted octanol–water partition coefficient (Wildman–Crippen LogP) is 14.3. The van der Waals surface area contributed by atoms with Gasteiger partial charge in [0.2, 0.25) is 0 Å². The zero-order valence-corrected chi connectivity index (χ0v) is 68.4. The molecular weight excluding hydrogens is 1520 g/mol. The molecular formula is C96H152N8O16. The van der Waals surface area contributed by atoms with Crippen LogP contribution in [0.15, 0.2) is 48.3 Å². The number of hydrogen-bond donors (Lipinski definition) is 4. The Morgan fingerprint density at radius 1 is 0.350 bits per heavy atom. The van der Waals surface area contributed by atoms with Gasteiger partial charge in [-0.25, -0.2) is 0 Å². The van der Waals surface area contributed by atoms with E-state index in [9.17, 15) is 19.2 Å². The van der Waals surface area contributed by atoms with Gasteiger partial charge in [-0.15, -0.1) is 0 Å². The second kappa shape index (κ2) is 43.9. The summed E-state index contributed by atoms with van der Waals surface area (Å²) < 4.78 is 616. The largest absolute Gasteiger partial charge is 0.493 e. The molecule has 12 rings (SSSR count). The Morgan fingerprint density at radius 3 is 0.725 bits per heavy atom. The van der Waals surface area contributed by atoms with Gasteiger partial charge >= 0.3 is 23.9 Å². The van der Waals surface area contributed by atoms with E-state index in [1.165, 1.54) is 19.1 Å². The fourth-order valence-corrected chi connectivity index (χ4v) is 15.5. The maximum absolute atomic E-state index is 13.5. The summed E-state index contributed by atoms with van der Waals surface area (Å²) in [6, 6.07) is -26.3. The normalized spacial score (nSPS) is 39.2. The molecule has 0 radical (unpaired) electrons. The summed E-state index contributed by atoms with van der Waals surface area (Å²) in [6.45, 7) is -28.8. The van der Waals surface area contributed by atoms with E-state index in [0.717, 1.165) is 28.9 Å². The maximum Gasteiger partial charge on any atom is 0.323 e. The van der Waals surface area contributed by atoms with Gasteiger partial charge < -0.3 is 79.8 Å². The van der Waals surface area contributed by atoms with E-state index in [0.29, 0.717) is 0 Å². The highest BCUT2D eigenvalue weighted by molar-refractivity contribution is 5.77. The van der Waals surface area contributed by atoms with Crippen molar-refractivity contribution in [1.82, 2.24) is 19.6 Å². The Kier molecular flexibility index (Phi) is 14.5. The molecule has 0 bridgehead atoms. The first-order valence-corrected chi connectivity index (χ1v) is 38.3. The van der Waals surface area contributed by atoms with Crippen LogP contribution in [0.4, 0.5) is 0 Å². The summed E-state index contributed by atoms with van der Waals surface area (Å²) in [5, 5.41) is 0. The fourth-order valence-electron chi connectivity index (χ4n) is 15.5. The van der Waals surface area contributed by atoms with Gasteiger partial charge in [0.25, 0.3) is 0 Å². The smallest absolute Gasteiger partial charge is 0.323 e. The molecule has 12 unspecified atom stereocenters. The second-order valence-corrected chi connectivity index (χ2v) is 31.1. The maximum atomic E-state index is 13.5. The molecule has 4 aromatic carbocycles. The van der Waals surface area contributed by atoms with Crippen molar-refractivity contribution in [3.05, 3.63) is 92.8 Å². The van der Waals surface area contributed by atoms with Gasteiger partial charge in [0.1, 0.15) is 48.5 Å². The summed E-state index contributed by atoms with van der Waals surface area (Å²) in [5.41, 5.74) is 19.0. The van der Waals surface area contributed by atoms with Crippen LogP contribution in [0, 0.1) is 70.9 Å². The lowest BCUT2D eigenvalue weighted by atomic mass is 9.79. The molecule has 0 aliphatic carbocycles. The molecule has 0 saturated carbocycles. The number of methoxy groups -OCH3 is 8. The molecule has 24 nitrogen and oxygen atoms in total. The number of hydrogen-bond acceptors (Lipinski definition) is 24. The number of carbonyl (C=O) groups excluding carboxylic acids is 4. The summed E-state index contributed by atoms with van der Waals surface area (Å²) in [7, 11) is -8.53. The van der Waals surface area contributed by atoms with Crippen LogP contribution >= 0.6 is 0 Å². The molecule has 8 aliphatic rings. The van der Waals surface area contributed by atoms with Crippen molar-refractivity contribution in [2.75, 3.05) is 109 Å². The van der Waals surface area contributed by atoms with E-state index in [-0.39, 0.29) is 110 Å². The molecule has 16 atom stereocenters. The zero-order valence-electron chi connectivity index (χ0n) is 136. The second-order valence-electron chi connectivity index (χ2n) is 31.1. The lowest BCUT2D eigenvalue weighted by Gasteiger charge is -2.47. The number of ether oxygens (including phenoxy) is 12. The van der Waals surface area contributed by atoms with Gasteiger partial charge in [0.05, 0.1) is 89.5 Å². The monoisotopic (exact) mass is 1740 g/mol. The number of nitrogens with zero attached hydrogens (tertiary/aromatic N) is 4. The van der Waals surface area contributed by atoms with E-state index in [1.807, 2.05) is 13.8 Å². The molecule has 4 fully saturated rings. The van der Waals surface area contributed by atoms with E-state index in [2.05, 4.69) is 0 Å². The molecule has 8 aliphatic heterocycles. The van der Waals surface area contributed by atoms with Crippen LogP contribution in [-0.4, -0.2) is 201 Å². The van der Waals surface area contributed by atoms with E-state index in [4.69, 9.17) is 173 Å². The van der Waals surface area contributed by atoms with Crippen molar-refractivity contribution in [3.63, 3.8) is 0 Å². The van der Waals surface area contributed by atoms with Crippen LogP contribution < -0.4 is 60.8 Å². The summed E-state index contributed by atoms with van der Waals surface area (Å²) in [5.74, 6) is -32.2. The van der Waals surface area contributed by atoms with Gasteiger partial charge in [0.15, 0.2) is 46.0 Å². The number of fused-ring (bicyclic) bond motifs is 12. The highest BCUT2D eigenvalue weighted by Crippen LogP contribution is 2.50. The van der Waals surface area contributed by atoms with Crippen LogP contribution in [0.5, 0.6) is 46.0 Å². The number of rotatable bonds is 28. The van der Waals surface area contributed by atoms with Crippen molar-refractivity contribution in [2.45, 2.75) is 260 Å². The third-order valence-electron chi connectivity index (χ3n) is 20.9. The lowest BCUT2D eigenvalue weighted by Crippen LogP contribution is -2.51. The highest BCUT2D eigenvalue weighted by atomic mass is 16.6. The average molecular weight is 1740 g/mol. The molecule has 4 saturated heterocycles. The quantitative estimate of drug-likeness (QED) is 0.0303. The van der Waals surface area contributed by atoms with Gasteiger partial charge in [0, 0.05) is 186 Å². The molecule has 672 valence electrons. The van der Waals surface area contributed by atoms with Gasteiger partial charge in [-0.3, -0.25) is 38.8 Å². The van der Waals surface area contributed by atoms with E-state index >= 15 is 0 Å². The number of piperidine rings is 4. The van der Waals surface area contributed by atoms with Crippen LogP contribution in [0.1, 0.15) is 323 Å². The molecule has 24 heteroatoms. The van der Waals surface area contributed by atoms with Crippen molar-refractivity contribution < 1.29 is 169 Å². The van der Waals surface area contributed by atoms with Crippen LogP contribution in [0.3, 0.4) is 0 Å². The van der Waals surface area contributed by atoms with Crippen LogP contribution in [0.2, 0.25) is 0 Å². The van der Waals surface area contributed by atoms with E-state index < -0.39 is 409 Å². The van der Waals surface area contributed by atoms with Crippen molar-refractivity contribution >= 4 is 23.9 Å². The number of nitrogens with two attached hydrogens (primary N) is 4. The lowest BCUT2D eigenvalue weighted by molar-refractivity contribution is -0.161. The Balaban J connectivity index is 0.000000273. The molecule has 8 N–H and O–H groups in total. The Bertz CT molecular complexity index is 7080. The number of carbonyl (C=O) groups is 4. The number of benzene rings is 4.